The van der Waals surface area contributed by atoms with E-state index < -0.39 is 6.10 Å². The van der Waals surface area contributed by atoms with Crippen molar-refractivity contribution in [3.05, 3.63) is 23.8 Å². The molecule has 0 aromatic rings. The number of ketones is 1. The van der Waals surface area contributed by atoms with E-state index in [9.17, 15) is 15.2 Å². The summed E-state index contributed by atoms with van der Waals surface area (Å²) in [6, 6.07) is 0. The molecule has 9 atom stereocenters. The summed E-state index contributed by atoms with van der Waals surface area (Å²) in [5.41, 5.74) is 2.23. The summed E-state index contributed by atoms with van der Waals surface area (Å²) >= 11 is 0. The SMILES string of the molecule is C=C(C)C(CC[C@@H](C)[C@H]1CC[C@H]2[C@@H]3C[C@@H](O)C4=CC(=O)CC[C@]4(C)[C@H]3CC[C@]12C)OO. The molecule has 0 radical (unpaired) electrons. The third-order valence-corrected chi connectivity index (χ3v) is 10.3. The second kappa shape index (κ2) is 8.43. The quantitative estimate of drug-likeness (QED) is 0.310. The van der Waals surface area contributed by atoms with Gasteiger partial charge in [-0.05, 0) is 116 Å². The van der Waals surface area contributed by atoms with Gasteiger partial charge in [0.1, 0.15) is 6.10 Å². The Morgan fingerprint density at radius 3 is 2.65 bits per heavy atom. The molecule has 0 amide bonds. The first-order valence-electron chi connectivity index (χ1n) is 12.5. The summed E-state index contributed by atoms with van der Waals surface area (Å²) in [7, 11) is 0. The fraction of sp³-hybridized carbons (Fsp3) is 0.815. The molecule has 0 spiro atoms. The highest BCUT2D eigenvalue weighted by Gasteiger charge is 2.60. The lowest BCUT2D eigenvalue weighted by Gasteiger charge is -2.59. The number of carbonyl (C=O) groups is 1. The number of hydrogen-bond donors (Lipinski definition) is 2. The zero-order chi connectivity index (χ0) is 22.6. The Bertz CT molecular complexity index is 756. The molecule has 0 bridgehead atoms. The second-order valence-corrected chi connectivity index (χ2v) is 11.8. The molecule has 0 heterocycles. The van der Waals surface area contributed by atoms with Crippen molar-refractivity contribution < 1.29 is 20.0 Å². The van der Waals surface area contributed by atoms with Gasteiger partial charge in [-0.2, -0.15) is 0 Å². The van der Waals surface area contributed by atoms with Crippen molar-refractivity contribution in [3.63, 3.8) is 0 Å². The van der Waals surface area contributed by atoms with Crippen molar-refractivity contribution in [1.29, 1.82) is 0 Å². The van der Waals surface area contributed by atoms with Crippen molar-refractivity contribution in [2.24, 2.45) is 40.4 Å². The van der Waals surface area contributed by atoms with Gasteiger partial charge in [-0.1, -0.05) is 27.4 Å². The molecule has 174 valence electrons. The van der Waals surface area contributed by atoms with Crippen LogP contribution < -0.4 is 0 Å². The first-order valence-corrected chi connectivity index (χ1v) is 12.5. The molecule has 4 aliphatic carbocycles. The van der Waals surface area contributed by atoms with Crippen molar-refractivity contribution in [2.45, 2.75) is 97.7 Å². The minimum atomic E-state index is -0.452. The van der Waals surface area contributed by atoms with E-state index in [1.807, 2.05) is 6.92 Å². The Labute approximate surface area is 188 Å². The number of aliphatic hydroxyl groups is 1. The Morgan fingerprint density at radius 2 is 1.97 bits per heavy atom. The van der Waals surface area contributed by atoms with Crippen LogP contribution in [0.5, 0.6) is 0 Å². The molecular formula is C27H42O4. The van der Waals surface area contributed by atoms with Crippen molar-refractivity contribution in [3.8, 4) is 0 Å². The molecule has 0 aromatic heterocycles. The Balaban J connectivity index is 1.51. The highest BCUT2D eigenvalue weighted by atomic mass is 17.1. The van der Waals surface area contributed by atoms with E-state index in [0.717, 1.165) is 36.8 Å². The van der Waals surface area contributed by atoms with Crippen LogP contribution in [0.1, 0.15) is 85.5 Å². The molecule has 3 fully saturated rings. The van der Waals surface area contributed by atoms with Gasteiger partial charge in [0.2, 0.25) is 0 Å². The lowest BCUT2D eigenvalue weighted by atomic mass is 9.46. The number of aliphatic hydroxyl groups excluding tert-OH is 1. The molecule has 3 saturated carbocycles. The summed E-state index contributed by atoms with van der Waals surface area (Å²) in [4.78, 5) is 16.7. The topological polar surface area (TPSA) is 66.8 Å². The van der Waals surface area contributed by atoms with Gasteiger partial charge in [0, 0.05) is 6.42 Å². The lowest BCUT2D eigenvalue weighted by molar-refractivity contribution is -0.270. The maximum absolute atomic E-state index is 12.1. The zero-order valence-electron chi connectivity index (χ0n) is 19.9. The Hall–Kier alpha value is -0.970. The second-order valence-electron chi connectivity index (χ2n) is 11.8. The van der Waals surface area contributed by atoms with Gasteiger partial charge in [-0.25, -0.2) is 4.89 Å². The maximum atomic E-state index is 12.1. The Morgan fingerprint density at radius 1 is 1.23 bits per heavy atom. The monoisotopic (exact) mass is 430 g/mol. The normalized spacial score (nSPS) is 44.0. The van der Waals surface area contributed by atoms with Gasteiger partial charge in [0.25, 0.3) is 0 Å². The van der Waals surface area contributed by atoms with Crippen LogP contribution in [-0.2, 0) is 9.68 Å². The average Bonchev–Trinajstić information content (AvgIpc) is 3.07. The molecule has 4 aliphatic rings. The van der Waals surface area contributed by atoms with Gasteiger partial charge in [0.15, 0.2) is 5.78 Å². The maximum Gasteiger partial charge on any atom is 0.155 e. The van der Waals surface area contributed by atoms with Gasteiger partial charge < -0.3 is 5.11 Å². The zero-order valence-corrected chi connectivity index (χ0v) is 19.9. The van der Waals surface area contributed by atoms with Crippen LogP contribution in [0.25, 0.3) is 0 Å². The lowest BCUT2D eigenvalue weighted by Crippen LogP contribution is -2.54. The minimum Gasteiger partial charge on any atom is -0.389 e. The van der Waals surface area contributed by atoms with E-state index >= 15 is 0 Å². The average molecular weight is 431 g/mol. The molecule has 4 heteroatoms. The standard InChI is InChI=1S/C27H42O4/c1-16(2)25(31-30)9-6-17(3)20-7-8-21-19-15-24(29)23-14-18(28)10-12-27(23,5)22(19)11-13-26(20,21)4/h14,17,19-22,24-25,29-30H,1,6-13,15H2,2-5H3/t17-,19+,20-,21+,22+,24-,25?,26-,27-/m1/s1. The molecule has 4 nitrogen and oxygen atoms in total. The van der Waals surface area contributed by atoms with E-state index in [4.69, 9.17) is 0 Å². The van der Waals surface area contributed by atoms with Crippen LogP contribution in [-0.4, -0.2) is 28.4 Å². The van der Waals surface area contributed by atoms with Gasteiger partial charge in [-0.15, -0.1) is 0 Å². The van der Waals surface area contributed by atoms with Gasteiger partial charge >= 0.3 is 0 Å². The van der Waals surface area contributed by atoms with E-state index in [1.54, 1.807) is 6.08 Å². The fourth-order valence-corrected chi connectivity index (χ4v) is 8.59. The van der Waals surface area contributed by atoms with Crippen LogP contribution in [0.4, 0.5) is 0 Å². The summed E-state index contributed by atoms with van der Waals surface area (Å²) in [6.07, 6.45) is 10.3. The molecule has 4 rings (SSSR count). The molecule has 1 unspecified atom stereocenters. The van der Waals surface area contributed by atoms with Crippen LogP contribution in [0.15, 0.2) is 23.8 Å². The predicted molar refractivity (Wildman–Crippen MR) is 122 cm³/mol. The molecule has 31 heavy (non-hydrogen) atoms. The highest BCUT2D eigenvalue weighted by Crippen LogP contribution is 2.67. The van der Waals surface area contributed by atoms with Crippen molar-refractivity contribution in [1.82, 2.24) is 0 Å². The van der Waals surface area contributed by atoms with E-state index in [-0.39, 0.29) is 17.3 Å². The third kappa shape index (κ3) is 3.77. The van der Waals surface area contributed by atoms with E-state index in [2.05, 4.69) is 32.2 Å². The fourth-order valence-electron chi connectivity index (χ4n) is 8.59. The highest BCUT2D eigenvalue weighted by molar-refractivity contribution is 5.91. The predicted octanol–water partition coefficient (Wildman–Crippen LogP) is 5.96. The van der Waals surface area contributed by atoms with Crippen LogP contribution in [0.2, 0.25) is 0 Å². The number of hydrogen-bond acceptors (Lipinski definition) is 4. The van der Waals surface area contributed by atoms with Crippen molar-refractivity contribution >= 4 is 5.78 Å². The summed E-state index contributed by atoms with van der Waals surface area (Å²) in [5.74, 6) is 3.27. The molecule has 0 saturated heterocycles. The summed E-state index contributed by atoms with van der Waals surface area (Å²) < 4.78 is 0. The van der Waals surface area contributed by atoms with Gasteiger partial charge in [0.05, 0.1) is 6.10 Å². The minimum absolute atomic E-state index is 0.00551. The number of fused-ring (bicyclic) bond motifs is 5. The van der Waals surface area contributed by atoms with E-state index in [0.29, 0.717) is 41.4 Å². The first-order chi connectivity index (χ1) is 14.6. The third-order valence-electron chi connectivity index (χ3n) is 10.3. The molecule has 0 aromatic carbocycles. The number of carbonyl (C=O) groups excluding carboxylic acids is 1. The molecular weight excluding hydrogens is 388 g/mol. The van der Waals surface area contributed by atoms with Crippen molar-refractivity contribution in [2.75, 3.05) is 0 Å². The summed E-state index contributed by atoms with van der Waals surface area (Å²) in [5, 5.41) is 20.3. The van der Waals surface area contributed by atoms with Crippen LogP contribution >= 0.6 is 0 Å². The first kappa shape index (κ1) is 23.2. The number of rotatable bonds is 6. The Kier molecular flexibility index (Phi) is 6.30. The van der Waals surface area contributed by atoms with Crippen LogP contribution in [0.3, 0.4) is 0 Å². The van der Waals surface area contributed by atoms with Gasteiger partial charge in [-0.3, -0.25) is 10.1 Å². The smallest absolute Gasteiger partial charge is 0.155 e. The molecule has 2 N–H and O–H groups in total. The molecule has 0 aliphatic heterocycles. The van der Waals surface area contributed by atoms with E-state index in [1.165, 1.54) is 25.7 Å². The largest absolute Gasteiger partial charge is 0.389 e. The summed E-state index contributed by atoms with van der Waals surface area (Å²) in [6.45, 7) is 13.1. The van der Waals surface area contributed by atoms with Crippen LogP contribution in [0, 0.1) is 40.4 Å².